The third kappa shape index (κ3) is 3.56. The Morgan fingerprint density at radius 3 is 2.48 bits per heavy atom. The quantitative estimate of drug-likeness (QED) is 0.879. The van der Waals surface area contributed by atoms with Gasteiger partial charge in [0.15, 0.2) is 0 Å². The van der Waals surface area contributed by atoms with Crippen LogP contribution in [-0.2, 0) is 16.6 Å². The Kier molecular flexibility index (Phi) is 4.87. The number of nitrogens with one attached hydrogen (secondary N) is 1. The van der Waals surface area contributed by atoms with Crippen LogP contribution in [0.1, 0.15) is 12.5 Å². The van der Waals surface area contributed by atoms with Crippen molar-refractivity contribution in [3.8, 4) is 0 Å². The van der Waals surface area contributed by atoms with Crippen molar-refractivity contribution < 1.29 is 8.42 Å². The zero-order chi connectivity index (χ0) is 15.3. The molecule has 2 heterocycles. The van der Waals surface area contributed by atoms with Gasteiger partial charge >= 0.3 is 0 Å². The van der Waals surface area contributed by atoms with Gasteiger partial charge in [-0.15, -0.1) is 0 Å². The van der Waals surface area contributed by atoms with Gasteiger partial charge in [0.05, 0.1) is 5.69 Å². The molecule has 0 bridgehead atoms. The number of rotatable bonds is 6. The third-order valence-electron chi connectivity index (χ3n) is 2.99. The molecule has 0 amide bonds. The topological polar surface area (TPSA) is 75.2 Å². The fourth-order valence-corrected chi connectivity index (χ4v) is 3.19. The van der Waals surface area contributed by atoms with Crippen molar-refractivity contribution >= 4 is 15.7 Å². The van der Waals surface area contributed by atoms with E-state index in [2.05, 4.69) is 15.3 Å². The SMILES string of the molecule is CCNc1ccncc1S(=O)(=O)N(C)Cc1ccncc1. The molecule has 7 heteroatoms. The van der Waals surface area contributed by atoms with Crippen molar-refractivity contribution in [1.82, 2.24) is 14.3 Å². The van der Waals surface area contributed by atoms with Crippen molar-refractivity contribution in [1.29, 1.82) is 0 Å². The lowest BCUT2D eigenvalue weighted by Gasteiger charge is -2.19. The Morgan fingerprint density at radius 1 is 1.14 bits per heavy atom. The average Bonchev–Trinajstić information content (AvgIpc) is 2.49. The van der Waals surface area contributed by atoms with E-state index in [4.69, 9.17) is 0 Å². The molecule has 0 spiro atoms. The number of anilines is 1. The van der Waals surface area contributed by atoms with E-state index in [9.17, 15) is 8.42 Å². The predicted octanol–water partition coefficient (Wildman–Crippen LogP) is 1.73. The monoisotopic (exact) mass is 306 g/mol. The van der Waals surface area contributed by atoms with Gasteiger partial charge in [-0.05, 0) is 30.7 Å². The van der Waals surface area contributed by atoms with Gasteiger partial charge in [-0.1, -0.05) is 0 Å². The lowest BCUT2D eigenvalue weighted by atomic mass is 10.3. The zero-order valence-electron chi connectivity index (χ0n) is 12.0. The normalized spacial score (nSPS) is 11.6. The molecular formula is C14H18N4O2S. The van der Waals surface area contributed by atoms with Crippen LogP contribution in [0.3, 0.4) is 0 Å². The highest BCUT2D eigenvalue weighted by Crippen LogP contribution is 2.23. The summed E-state index contributed by atoms with van der Waals surface area (Å²) in [5.41, 5.74) is 1.44. The molecule has 21 heavy (non-hydrogen) atoms. The number of hydrogen-bond donors (Lipinski definition) is 1. The molecule has 6 nitrogen and oxygen atoms in total. The molecule has 0 aromatic carbocycles. The van der Waals surface area contributed by atoms with Crippen LogP contribution in [0, 0.1) is 0 Å². The first-order valence-electron chi connectivity index (χ1n) is 6.59. The molecule has 0 unspecified atom stereocenters. The Labute approximate surface area is 124 Å². The standard InChI is InChI=1S/C14H18N4O2S/c1-3-17-13-6-9-16-10-14(13)21(19,20)18(2)11-12-4-7-15-8-5-12/h4-10H,3,11H2,1-2H3,(H,16,17). The minimum absolute atomic E-state index is 0.184. The molecule has 0 saturated carbocycles. The summed E-state index contributed by atoms with van der Waals surface area (Å²) in [5, 5.41) is 3.05. The predicted molar refractivity (Wildman–Crippen MR) is 81.3 cm³/mol. The van der Waals surface area contributed by atoms with Crippen LogP contribution >= 0.6 is 0 Å². The molecule has 112 valence electrons. The van der Waals surface area contributed by atoms with Gasteiger partial charge in [-0.3, -0.25) is 9.97 Å². The summed E-state index contributed by atoms with van der Waals surface area (Å²) in [6.07, 6.45) is 6.23. The molecule has 2 aromatic rings. The Hall–Kier alpha value is -1.99. The largest absolute Gasteiger partial charge is 0.384 e. The molecule has 0 fully saturated rings. The maximum Gasteiger partial charge on any atom is 0.246 e. The summed E-state index contributed by atoms with van der Waals surface area (Å²) in [4.78, 5) is 8.03. The molecule has 2 aromatic heterocycles. The van der Waals surface area contributed by atoms with Crippen LogP contribution in [-0.4, -0.2) is 36.3 Å². The van der Waals surface area contributed by atoms with Crippen LogP contribution in [0.25, 0.3) is 0 Å². The second-order valence-electron chi connectivity index (χ2n) is 4.52. The number of sulfonamides is 1. The van der Waals surface area contributed by atoms with Gasteiger partial charge < -0.3 is 5.32 Å². The van der Waals surface area contributed by atoms with Gasteiger partial charge in [-0.2, -0.15) is 4.31 Å². The van der Waals surface area contributed by atoms with E-state index in [0.29, 0.717) is 12.2 Å². The van der Waals surface area contributed by atoms with Gasteiger partial charge in [0.25, 0.3) is 0 Å². The first-order valence-corrected chi connectivity index (χ1v) is 8.03. The highest BCUT2D eigenvalue weighted by atomic mass is 32.2. The van der Waals surface area contributed by atoms with E-state index < -0.39 is 10.0 Å². The molecule has 0 aliphatic rings. The molecule has 1 N–H and O–H groups in total. The Morgan fingerprint density at radius 2 is 1.81 bits per heavy atom. The fourth-order valence-electron chi connectivity index (χ4n) is 1.92. The lowest BCUT2D eigenvalue weighted by molar-refractivity contribution is 0.466. The summed E-state index contributed by atoms with van der Waals surface area (Å²) in [5.74, 6) is 0. The van der Waals surface area contributed by atoms with Crippen LogP contribution in [0.2, 0.25) is 0 Å². The molecule has 0 radical (unpaired) electrons. The molecular weight excluding hydrogens is 288 g/mol. The maximum absolute atomic E-state index is 12.7. The number of aromatic nitrogens is 2. The van der Waals surface area contributed by atoms with E-state index in [1.54, 1.807) is 43.8 Å². The van der Waals surface area contributed by atoms with E-state index in [1.807, 2.05) is 6.92 Å². The minimum Gasteiger partial charge on any atom is -0.384 e. The fraction of sp³-hybridized carbons (Fsp3) is 0.286. The molecule has 0 saturated heterocycles. The van der Waals surface area contributed by atoms with Crippen LogP contribution in [0.15, 0.2) is 47.9 Å². The summed E-state index contributed by atoms with van der Waals surface area (Å²) < 4.78 is 26.6. The van der Waals surface area contributed by atoms with Crippen molar-refractivity contribution in [2.24, 2.45) is 0 Å². The van der Waals surface area contributed by atoms with Crippen molar-refractivity contribution in [3.63, 3.8) is 0 Å². The summed E-state index contributed by atoms with van der Waals surface area (Å²) in [6.45, 7) is 2.84. The summed E-state index contributed by atoms with van der Waals surface area (Å²) in [7, 11) is -2.05. The van der Waals surface area contributed by atoms with Crippen LogP contribution < -0.4 is 5.32 Å². The minimum atomic E-state index is -3.60. The average molecular weight is 306 g/mol. The third-order valence-corrected chi connectivity index (χ3v) is 4.83. The number of hydrogen-bond acceptors (Lipinski definition) is 5. The van der Waals surface area contributed by atoms with Gasteiger partial charge in [0.1, 0.15) is 4.90 Å². The Balaban J connectivity index is 2.29. The van der Waals surface area contributed by atoms with E-state index in [1.165, 1.54) is 10.5 Å². The zero-order valence-corrected chi connectivity index (χ0v) is 12.8. The van der Waals surface area contributed by atoms with Gasteiger partial charge in [0, 0.05) is 44.9 Å². The highest BCUT2D eigenvalue weighted by molar-refractivity contribution is 7.89. The Bertz CT molecular complexity index is 689. The molecule has 0 atom stereocenters. The summed E-state index contributed by atoms with van der Waals surface area (Å²) >= 11 is 0. The molecule has 2 rings (SSSR count). The van der Waals surface area contributed by atoms with Crippen molar-refractivity contribution in [2.45, 2.75) is 18.4 Å². The van der Waals surface area contributed by atoms with Crippen molar-refractivity contribution in [3.05, 3.63) is 48.5 Å². The van der Waals surface area contributed by atoms with Gasteiger partial charge in [-0.25, -0.2) is 8.42 Å². The van der Waals surface area contributed by atoms with E-state index in [0.717, 1.165) is 5.56 Å². The first kappa shape index (κ1) is 15.4. The maximum atomic E-state index is 12.7. The second kappa shape index (κ2) is 6.64. The van der Waals surface area contributed by atoms with Crippen LogP contribution in [0.4, 0.5) is 5.69 Å². The number of pyridine rings is 2. The smallest absolute Gasteiger partial charge is 0.246 e. The number of nitrogens with zero attached hydrogens (tertiary/aromatic N) is 3. The van der Waals surface area contributed by atoms with E-state index in [-0.39, 0.29) is 11.4 Å². The second-order valence-corrected chi connectivity index (χ2v) is 6.53. The van der Waals surface area contributed by atoms with Gasteiger partial charge in [0.2, 0.25) is 10.0 Å². The lowest BCUT2D eigenvalue weighted by Crippen LogP contribution is -2.27. The van der Waals surface area contributed by atoms with Crippen molar-refractivity contribution in [2.75, 3.05) is 18.9 Å². The van der Waals surface area contributed by atoms with Crippen LogP contribution in [0.5, 0.6) is 0 Å². The molecule has 0 aliphatic carbocycles. The first-order chi connectivity index (χ1) is 10.1. The molecule has 0 aliphatic heterocycles. The van der Waals surface area contributed by atoms with E-state index >= 15 is 0 Å². The summed E-state index contributed by atoms with van der Waals surface area (Å²) in [6, 6.07) is 5.25. The highest BCUT2D eigenvalue weighted by Gasteiger charge is 2.24.